The fraction of sp³-hybridized carbons (Fsp3) is 0.333. The van der Waals surface area contributed by atoms with Crippen molar-refractivity contribution in [2.75, 3.05) is 11.1 Å². The number of nitrogens with two attached hydrogens (primary N) is 1. The zero-order chi connectivity index (χ0) is 15.4. The van der Waals surface area contributed by atoms with Crippen molar-refractivity contribution >= 4 is 17.4 Å². The highest BCUT2D eigenvalue weighted by Crippen LogP contribution is 2.36. The lowest BCUT2D eigenvalue weighted by Gasteiger charge is -2.28. The molecular weight excluding hydrogens is 274 g/mol. The second kappa shape index (κ2) is 6.60. The Kier molecular flexibility index (Phi) is 4.37. The summed E-state index contributed by atoms with van der Waals surface area (Å²) in [5.74, 6) is 1.24. The van der Waals surface area contributed by atoms with Crippen LogP contribution in [0.25, 0.3) is 0 Å². The van der Waals surface area contributed by atoms with Gasteiger partial charge in [-0.05, 0) is 49.3 Å². The summed E-state index contributed by atoms with van der Waals surface area (Å²) >= 11 is 0. The molecule has 1 aliphatic carbocycles. The van der Waals surface area contributed by atoms with Crippen molar-refractivity contribution in [3.8, 4) is 0 Å². The highest BCUT2D eigenvalue weighted by Gasteiger charge is 2.27. The van der Waals surface area contributed by atoms with E-state index in [1.807, 2.05) is 6.07 Å². The Bertz CT molecular complexity index is 617. The van der Waals surface area contributed by atoms with Crippen molar-refractivity contribution in [1.29, 1.82) is 0 Å². The number of pyridine rings is 1. The molecule has 1 aromatic heterocycles. The number of hydrogen-bond acceptors (Lipinski definition) is 3. The number of nitrogen functional groups attached to an aromatic ring is 1. The first-order valence-electron chi connectivity index (χ1n) is 7.79. The van der Waals surface area contributed by atoms with Crippen molar-refractivity contribution in [3.63, 3.8) is 0 Å². The van der Waals surface area contributed by atoms with Gasteiger partial charge in [0.05, 0.1) is 11.9 Å². The largest absolute Gasteiger partial charge is 0.384 e. The quantitative estimate of drug-likeness (QED) is 0.909. The molecule has 114 valence electrons. The summed E-state index contributed by atoms with van der Waals surface area (Å²) in [5, 5.41) is 2.94. The first-order chi connectivity index (χ1) is 10.7. The number of aromatic nitrogens is 1. The number of nitrogens with zero attached hydrogens (tertiary/aromatic N) is 1. The molecule has 2 aromatic rings. The van der Waals surface area contributed by atoms with Gasteiger partial charge in [0.25, 0.3) is 0 Å². The predicted octanol–water partition coefficient (Wildman–Crippen LogP) is 3.58. The second-order valence-corrected chi connectivity index (χ2v) is 5.92. The van der Waals surface area contributed by atoms with Gasteiger partial charge >= 0.3 is 0 Å². The van der Waals surface area contributed by atoms with Crippen molar-refractivity contribution < 1.29 is 4.79 Å². The van der Waals surface area contributed by atoms with E-state index >= 15 is 0 Å². The van der Waals surface area contributed by atoms with E-state index in [1.54, 1.807) is 18.3 Å². The van der Waals surface area contributed by atoms with Crippen LogP contribution in [0.2, 0.25) is 0 Å². The van der Waals surface area contributed by atoms with Crippen LogP contribution in [0.3, 0.4) is 0 Å². The number of carbonyl (C=O) groups is 1. The summed E-state index contributed by atoms with van der Waals surface area (Å²) in [6, 6.07) is 14.1. The Hall–Kier alpha value is -2.36. The molecule has 0 spiro atoms. The fourth-order valence-electron chi connectivity index (χ4n) is 3.14. The summed E-state index contributed by atoms with van der Waals surface area (Å²) in [6.07, 6.45) is 5.62. The highest BCUT2D eigenvalue weighted by molar-refractivity contribution is 5.92. The third-order valence-electron chi connectivity index (χ3n) is 4.42. The summed E-state index contributed by atoms with van der Waals surface area (Å²) < 4.78 is 0. The minimum Gasteiger partial charge on any atom is -0.384 e. The van der Waals surface area contributed by atoms with Gasteiger partial charge in [-0.3, -0.25) is 4.79 Å². The monoisotopic (exact) mass is 295 g/mol. The maximum absolute atomic E-state index is 12.3. The van der Waals surface area contributed by atoms with Crippen LogP contribution in [0.15, 0.2) is 48.7 Å². The number of rotatable bonds is 3. The smallest absolute Gasteiger partial charge is 0.227 e. The minimum absolute atomic E-state index is 0.0949. The van der Waals surface area contributed by atoms with E-state index in [0.717, 1.165) is 25.7 Å². The Labute approximate surface area is 130 Å². The third kappa shape index (κ3) is 3.45. The molecule has 0 radical (unpaired) electrons. The van der Waals surface area contributed by atoms with Gasteiger partial charge in [0, 0.05) is 5.92 Å². The second-order valence-electron chi connectivity index (χ2n) is 5.92. The van der Waals surface area contributed by atoms with Gasteiger partial charge in [0.15, 0.2) is 0 Å². The standard InChI is InChI=1S/C18H21N3O/c19-17-11-10-16(12-20-17)21-18(22)15-8-6-14(7-9-15)13-4-2-1-3-5-13/h1-5,10-12,14-15H,6-9H2,(H2,19,20)(H,21,22). The maximum Gasteiger partial charge on any atom is 0.227 e. The van der Waals surface area contributed by atoms with E-state index in [2.05, 4.69) is 34.6 Å². The number of carbonyl (C=O) groups excluding carboxylic acids is 1. The van der Waals surface area contributed by atoms with Crippen LogP contribution in [-0.2, 0) is 4.79 Å². The molecule has 4 heteroatoms. The molecule has 0 bridgehead atoms. The molecule has 4 nitrogen and oxygen atoms in total. The zero-order valence-corrected chi connectivity index (χ0v) is 12.5. The van der Waals surface area contributed by atoms with E-state index in [0.29, 0.717) is 17.4 Å². The Morgan fingerprint density at radius 1 is 1.05 bits per heavy atom. The predicted molar refractivity (Wildman–Crippen MR) is 88.4 cm³/mol. The Morgan fingerprint density at radius 2 is 1.77 bits per heavy atom. The molecule has 3 N–H and O–H groups in total. The summed E-state index contributed by atoms with van der Waals surface area (Å²) in [6.45, 7) is 0. The Balaban J connectivity index is 1.54. The zero-order valence-electron chi connectivity index (χ0n) is 12.5. The van der Waals surface area contributed by atoms with Crippen LogP contribution in [-0.4, -0.2) is 10.9 Å². The molecule has 1 amide bonds. The highest BCUT2D eigenvalue weighted by atomic mass is 16.1. The van der Waals surface area contributed by atoms with E-state index in [9.17, 15) is 4.79 Å². The van der Waals surface area contributed by atoms with Crippen molar-refractivity contribution in [2.24, 2.45) is 5.92 Å². The van der Waals surface area contributed by atoms with Gasteiger partial charge in [-0.2, -0.15) is 0 Å². The average Bonchev–Trinajstić information content (AvgIpc) is 2.58. The SMILES string of the molecule is Nc1ccc(NC(=O)C2CCC(c3ccccc3)CC2)cn1. The van der Waals surface area contributed by atoms with Gasteiger partial charge in [-0.1, -0.05) is 30.3 Å². The van der Waals surface area contributed by atoms with Crippen LogP contribution >= 0.6 is 0 Å². The third-order valence-corrected chi connectivity index (χ3v) is 4.42. The minimum atomic E-state index is 0.0949. The molecule has 0 atom stereocenters. The van der Waals surface area contributed by atoms with Crippen LogP contribution in [0.1, 0.15) is 37.2 Å². The Morgan fingerprint density at radius 3 is 2.41 bits per heavy atom. The molecule has 1 aliphatic rings. The van der Waals surface area contributed by atoms with Gasteiger partial charge in [0.1, 0.15) is 5.82 Å². The summed E-state index contributed by atoms with van der Waals surface area (Å²) in [4.78, 5) is 16.3. The van der Waals surface area contributed by atoms with E-state index in [-0.39, 0.29) is 11.8 Å². The number of amides is 1. The molecular formula is C18H21N3O. The molecule has 0 aliphatic heterocycles. The van der Waals surface area contributed by atoms with Crippen LogP contribution in [0.4, 0.5) is 11.5 Å². The average molecular weight is 295 g/mol. The lowest BCUT2D eigenvalue weighted by atomic mass is 9.78. The van der Waals surface area contributed by atoms with E-state index in [4.69, 9.17) is 5.73 Å². The maximum atomic E-state index is 12.3. The molecule has 1 saturated carbocycles. The fourth-order valence-corrected chi connectivity index (χ4v) is 3.14. The van der Waals surface area contributed by atoms with Gasteiger partial charge in [0.2, 0.25) is 5.91 Å². The molecule has 1 aromatic carbocycles. The van der Waals surface area contributed by atoms with Gasteiger partial charge in [-0.15, -0.1) is 0 Å². The molecule has 3 rings (SSSR count). The van der Waals surface area contributed by atoms with E-state index in [1.165, 1.54) is 5.56 Å². The van der Waals surface area contributed by atoms with Crippen LogP contribution < -0.4 is 11.1 Å². The lowest BCUT2D eigenvalue weighted by Crippen LogP contribution is -2.26. The van der Waals surface area contributed by atoms with E-state index < -0.39 is 0 Å². The number of benzene rings is 1. The first kappa shape index (κ1) is 14.6. The number of hydrogen-bond donors (Lipinski definition) is 2. The lowest BCUT2D eigenvalue weighted by molar-refractivity contribution is -0.120. The van der Waals surface area contributed by atoms with Crippen LogP contribution in [0, 0.1) is 5.92 Å². The van der Waals surface area contributed by atoms with Gasteiger partial charge < -0.3 is 11.1 Å². The topological polar surface area (TPSA) is 68.0 Å². The summed E-state index contributed by atoms with van der Waals surface area (Å²) in [7, 11) is 0. The molecule has 1 heterocycles. The molecule has 0 unspecified atom stereocenters. The normalized spacial score (nSPS) is 21.3. The van der Waals surface area contributed by atoms with Gasteiger partial charge in [-0.25, -0.2) is 4.98 Å². The van der Waals surface area contributed by atoms with Crippen molar-refractivity contribution in [2.45, 2.75) is 31.6 Å². The van der Waals surface area contributed by atoms with Crippen LogP contribution in [0.5, 0.6) is 0 Å². The summed E-state index contributed by atoms with van der Waals surface area (Å²) in [5.41, 5.74) is 7.65. The molecule has 0 saturated heterocycles. The van der Waals surface area contributed by atoms with Crippen molar-refractivity contribution in [1.82, 2.24) is 4.98 Å². The molecule has 1 fully saturated rings. The number of anilines is 2. The molecule has 22 heavy (non-hydrogen) atoms. The first-order valence-corrected chi connectivity index (χ1v) is 7.79. The number of nitrogens with one attached hydrogen (secondary N) is 1. The van der Waals surface area contributed by atoms with Crippen molar-refractivity contribution in [3.05, 3.63) is 54.2 Å².